The summed E-state index contributed by atoms with van der Waals surface area (Å²) in [6, 6.07) is 15.9. The first-order valence-corrected chi connectivity index (χ1v) is 9.42. The highest BCUT2D eigenvalue weighted by atomic mass is 16.2. The predicted octanol–water partition coefficient (Wildman–Crippen LogP) is 0.114. The number of hydrogen-bond donors (Lipinski definition) is 4. The van der Waals surface area contributed by atoms with Gasteiger partial charge in [-0.2, -0.15) is 5.10 Å². The lowest BCUT2D eigenvalue weighted by Gasteiger charge is -2.16. The van der Waals surface area contributed by atoms with Crippen molar-refractivity contribution in [2.75, 3.05) is 0 Å². The van der Waals surface area contributed by atoms with Crippen LogP contribution >= 0.6 is 0 Å². The predicted molar refractivity (Wildman–Crippen MR) is 111 cm³/mol. The summed E-state index contributed by atoms with van der Waals surface area (Å²) in [4.78, 5) is 49.0. The minimum Gasteiger partial charge on any atom is -0.294 e. The lowest BCUT2D eigenvalue weighted by molar-refractivity contribution is -0.122. The third-order valence-electron chi connectivity index (χ3n) is 4.62. The maximum atomic E-state index is 12.9. The SMILES string of the molecule is O=C1CC=C(C(=O)NNC(=O)c2nn(Cc3ccccc3)c(=O)c3ccccc23)NN1. The number of fused-ring (bicyclic) bond motifs is 1. The van der Waals surface area contributed by atoms with Crippen LogP contribution in [0.4, 0.5) is 0 Å². The number of amides is 3. The molecular weight excluding hydrogens is 400 g/mol. The van der Waals surface area contributed by atoms with Crippen LogP contribution < -0.4 is 27.3 Å². The van der Waals surface area contributed by atoms with Crippen molar-refractivity contribution < 1.29 is 14.4 Å². The molecule has 31 heavy (non-hydrogen) atoms. The van der Waals surface area contributed by atoms with E-state index in [0.29, 0.717) is 10.8 Å². The van der Waals surface area contributed by atoms with Gasteiger partial charge in [0.1, 0.15) is 5.70 Å². The molecule has 4 N–H and O–H groups in total. The van der Waals surface area contributed by atoms with Crippen molar-refractivity contribution in [1.29, 1.82) is 0 Å². The number of nitrogens with zero attached hydrogens (tertiary/aromatic N) is 2. The maximum Gasteiger partial charge on any atom is 0.290 e. The van der Waals surface area contributed by atoms with Gasteiger partial charge in [0, 0.05) is 11.8 Å². The summed E-state index contributed by atoms with van der Waals surface area (Å²) in [5.74, 6) is -1.61. The van der Waals surface area contributed by atoms with E-state index < -0.39 is 11.8 Å². The van der Waals surface area contributed by atoms with Crippen LogP contribution in [-0.2, 0) is 16.1 Å². The molecule has 2 aromatic carbocycles. The zero-order chi connectivity index (χ0) is 21.8. The highest BCUT2D eigenvalue weighted by Crippen LogP contribution is 2.14. The van der Waals surface area contributed by atoms with E-state index in [4.69, 9.17) is 0 Å². The van der Waals surface area contributed by atoms with Crippen molar-refractivity contribution in [3.05, 3.63) is 88.0 Å². The molecule has 1 aromatic heterocycles. The first kappa shape index (κ1) is 19.8. The van der Waals surface area contributed by atoms with Gasteiger partial charge in [-0.3, -0.25) is 40.9 Å². The first-order valence-electron chi connectivity index (χ1n) is 9.42. The second-order valence-electron chi connectivity index (χ2n) is 6.75. The number of hydrazine groups is 2. The molecule has 10 nitrogen and oxygen atoms in total. The quantitative estimate of drug-likeness (QED) is 0.445. The summed E-state index contributed by atoms with van der Waals surface area (Å²) in [7, 11) is 0. The molecule has 4 rings (SSSR count). The molecule has 0 atom stereocenters. The van der Waals surface area contributed by atoms with E-state index in [0.717, 1.165) is 5.56 Å². The summed E-state index contributed by atoms with van der Waals surface area (Å²) in [6.45, 7) is 0.188. The normalized spacial score (nSPS) is 13.0. The van der Waals surface area contributed by atoms with Crippen LogP contribution in [0.25, 0.3) is 10.8 Å². The van der Waals surface area contributed by atoms with E-state index >= 15 is 0 Å². The lowest BCUT2D eigenvalue weighted by atomic mass is 10.1. The molecule has 3 aromatic rings. The first-order chi connectivity index (χ1) is 15.0. The number of rotatable bonds is 4. The van der Waals surface area contributed by atoms with E-state index in [1.165, 1.54) is 10.8 Å². The molecule has 1 aliphatic heterocycles. The fourth-order valence-electron chi connectivity index (χ4n) is 3.09. The molecule has 1 aliphatic rings. The average molecular weight is 418 g/mol. The molecule has 3 amide bonds. The highest BCUT2D eigenvalue weighted by Gasteiger charge is 2.19. The Labute approximate surface area is 175 Å². The number of benzene rings is 2. The minimum absolute atomic E-state index is 0.00897. The second kappa shape index (κ2) is 8.49. The number of nitrogens with one attached hydrogen (secondary N) is 4. The van der Waals surface area contributed by atoms with Gasteiger partial charge in [0.2, 0.25) is 5.91 Å². The van der Waals surface area contributed by atoms with E-state index in [1.807, 2.05) is 30.3 Å². The number of hydrogen-bond acceptors (Lipinski definition) is 6. The molecule has 0 saturated carbocycles. The zero-order valence-corrected chi connectivity index (χ0v) is 16.2. The van der Waals surface area contributed by atoms with Crippen molar-refractivity contribution >= 4 is 28.5 Å². The average Bonchev–Trinajstić information content (AvgIpc) is 2.80. The van der Waals surface area contributed by atoms with Gasteiger partial charge in [-0.05, 0) is 17.7 Å². The van der Waals surface area contributed by atoms with Crippen molar-refractivity contribution in [3.8, 4) is 0 Å². The number of carbonyl (C=O) groups excluding carboxylic acids is 3. The van der Waals surface area contributed by atoms with Gasteiger partial charge >= 0.3 is 0 Å². The number of aromatic nitrogens is 2. The summed E-state index contributed by atoms with van der Waals surface area (Å²) < 4.78 is 1.22. The Hall–Kier alpha value is -4.47. The van der Waals surface area contributed by atoms with E-state index in [2.05, 4.69) is 26.8 Å². The van der Waals surface area contributed by atoms with Crippen LogP contribution in [0, 0.1) is 0 Å². The fraction of sp³-hybridized carbons (Fsp3) is 0.0952. The largest absolute Gasteiger partial charge is 0.294 e. The Morgan fingerprint density at radius 3 is 2.29 bits per heavy atom. The lowest BCUT2D eigenvalue weighted by Crippen LogP contribution is -2.49. The van der Waals surface area contributed by atoms with Gasteiger partial charge in [-0.1, -0.05) is 48.5 Å². The molecular formula is C21H18N6O4. The van der Waals surface area contributed by atoms with Gasteiger partial charge in [-0.25, -0.2) is 4.68 Å². The molecule has 0 fully saturated rings. The molecule has 0 spiro atoms. The molecule has 0 radical (unpaired) electrons. The summed E-state index contributed by atoms with van der Waals surface area (Å²) in [5, 5.41) is 4.95. The Kier molecular flexibility index (Phi) is 5.43. The van der Waals surface area contributed by atoms with Gasteiger partial charge < -0.3 is 0 Å². The topological polar surface area (TPSA) is 134 Å². The minimum atomic E-state index is -0.688. The Balaban J connectivity index is 1.60. The standard InChI is InChI=1S/C21H18N6O4/c28-17-11-10-16(22-23-17)19(29)24-25-20(30)18-14-8-4-5-9-15(14)21(31)27(26-18)12-13-6-2-1-3-7-13/h1-10,22H,11-12H2,(H,23,28)(H,24,29)(H,25,30). The van der Waals surface area contributed by atoms with Crippen molar-refractivity contribution in [1.82, 2.24) is 31.5 Å². The summed E-state index contributed by atoms with van der Waals surface area (Å²) in [5.41, 5.74) is 9.93. The summed E-state index contributed by atoms with van der Waals surface area (Å²) in [6.07, 6.45) is 1.44. The molecule has 10 heteroatoms. The molecule has 0 bridgehead atoms. The van der Waals surface area contributed by atoms with Crippen LogP contribution in [0.2, 0.25) is 0 Å². The second-order valence-corrected chi connectivity index (χ2v) is 6.75. The Bertz CT molecular complexity index is 1270. The van der Waals surface area contributed by atoms with Gasteiger partial charge in [-0.15, -0.1) is 0 Å². The van der Waals surface area contributed by atoms with Gasteiger partial charge in [0.25, 0.3) is 17.4 Å². The van der Waals surface area contributed by atoms with Crippen LogP contribution in [0.15, 0.2) is 71.2 Å². The molecule has 0 aliphatic carbocycles. The third-order valence-corrected chi connectivity index (χ3v) is 4.62. The van der Waals surface area contributed by atoms with Crippen LogP contribution in [0.5, 0.6) is 0 Å². The summed E-state index contributed by atoms with van der Waals surface area (Å²) >= 11 is 0. The van der Waals surface area contributed by atoms with Crippen molar-refractivity contribution in [2.45, 2.75) is 13.0 Å². The van der Waals surface area contributed by atoms with E-state index in [1.54, 1.807) is 24.3 Å². The molecule has 0 unspecified atom stereocenters. The third kappa shape index (κ3) is 4.27. The van der Waals surface area contributed by atoms with Gasteiger partial charge in [0.15, 0.2) is 5.69 Å². The van der Waals surface area contributed by atoms with E-state index in [9.17, 15) is 19.2 Å². The maximum absolute atomic E-state index is 12.9. The molecule has 156 valence electrons. The Morgan fingerprint density at radius 2 is 1.58 bits per heavy atom. The Morgan fingerprint density at radius 1 is 0.903 bits per heavy atom. The zero-order valence-electron chi connectivity index (χ0n) is 16.2. The van der Waals surface area contributed by atoms with Crippen LogP contribution in [0.1, 0.15) is 22.5 Å². The molecule has 2 heterocycles. The highest BCUT2D eigenvalue weighted by molar-refractivity contribution is 6.06. The monoisotopic (exact) mass is 418 g/mol. The fourth-order valence-corrected chi connectivity index (χ4v) is 3.09. The number of carbonyl (C=O) groups is 3. The van der Waals surface area contributed by atoms with Crippen molar-refractivity contribution in [3.63, 3.8) is 0 Å². The van der Waals surface area contributed by atoms with Gasteiger partial charge in [0.05, 0.1) is 11.9 Å². The van der Waals surface area contributed by atoms with Crippen molar-refractivity contribution in [2.24, 2.45) is 0 Å². The van der Waals surface area contributed by atoms with E-state index in [-0.39, 0.29) is 35.8 Å². The molecule has 0 saturated heterocycles. The smallest absolute Gasteiger partial charge is 0.290 e. The van der Waals surface area contributed by atoms with Crippen LogP contribution in [-0.4, -0.2) is 27.5 Å². The van der Waals surface area contributed by atoms with Crippen LogP contribution in [0.3, 0.4) is 0 Å².